The molecule has 0 saturated heterocycles. The zero-order valence-electron chi connectivity index (χ0n) is 25.0. The Balaban J connectivity index is 1.46. The standard InChI is InChI=1S/C35H41FO5/c1-34(2,3)32(39-5)28-18-22(9-13-26(28)27-19-24(38-4)12-14-31(27)36)21-41-25-11-10-23-8-7-16-35(30(23)20-25)17-15-29(35)33(37)40-6/h9-14,18-20,29,32H,7-8,15-17,21H2,1-6H3/t29-,32-,35+/m0/s1. The zero-order chi connectivity index (χ0) is 29.4. The second-order valence-corrected chi connectivity index (χ2v) is 12.5. The van der Waals surface area contributed by atoms with Crippen LogP contribution in [0.2, 0.25) is 0 Å². The Kier molecular flexibility index (Phi) is 8.15. The van der Waals surface area contributed by atoms with Crippen molar-refractivity contribution >= 4 is 5.97 Å². The number of ether oxygens (including phenoxy) is 4. The third-order valence-electron chi connectivity index (χ3n) is 9.01. The first-order chi connectivity index (χ1) is 19.6. The van der Waals surface area contributed by atoms with Crippen molar-refractivity contribution in [3.05, 3.63) is 82.7 Å². The van der Waals surface area contributed by atoms with E-state index in [0.717, 1.165) is 54.5 Å². The summed E-state index contributed by atoms with van der Waals surface area (Å²) in [6, 6.07) is 17.1. The van der Waals surface area contributed by atoms with Crippen LogP contribution in [0.5, 0.6) is 11.5 Å². The molecule has 0 bridgehead atoms. The largest absolute Gasteiger partial charge is 0.497 e. The van der Waals surface area contributed by atoms with Crippen molar-refractivity contribution < 1.29 is 28.1 Å². The number of esters is 1. The summed E-state index contributed by atoms with van der Waals surface area (Å²) >= 11 is 0. The fourth-order valence-electron chi connectivity index (χ4n) is 6.92. The molecule has 3 atom stereocenters. The van der Waals surface area contributed by atoms with Crippen LogP contribution < -0.4 is 9.47 Å². The third-order valence-corrected chi connectivity index (χ3v) is 9.01. The van der Waals surface area contributed by atoms with Crippen LogP contribution in [-0.4, -0.2) is 27.3 Å². The minimum Gasteiger partial charge on any atom is -0.497 e. The van der Waals surface area contributed by atoms with Crippen LogP contribution in [0, 0.1) is 17.2 Å². The summed E-state index contributed by atoms with van der Waals surface area (Å²) in [6.45, 7) is 6.68. The van der Waals surface area contributed by atoms with Crippen molar-refractivity contribution in [3.8, 4) is 22.6 Å². The molecule has 0 unspecified atom stereocenters. The molecule has 3 aromatic carbocycles. The highest BCUT2D eigenvalue weighted by molar-refractivity contribution is 5.76. The number of hydrogen-bond donors (Lipinski definition) is 0. The molecule has 6 heteroatoms. The Labute approximate surface area is 243 Å². The molecule has 5 nitrogen and oxygen atoms in total. The predicted molar refractivity (Wildman–Crippen MR) is 158 cm³/mol. The van der Waals surface area contributed by atoms with Crippen LogP contribution in [-0.2, 0) is 32.7 Å². The zero-order valence-corrected chi connectivity index (χ0v) is 25.0. The molecule has 218 valence electrons. The van der Waals surface area contributed by atoms with Gasteiger partial charge in [0.1, 0.15) is 23.9 Å². The molecule has 0 aromatic heterocycles. The maximum Gasteiger partial charge on any atom is 0.309 e. The van der Waals surface area contributed by atoms with Crippen molar-refractivity contribution in [1.29, 1.82) is 0 Å². The molecule has 2 aliphatic rings. The Hall–Kier alpha value is -3.38. The predicted octanol–water partition coefficient (Wildman–Crippen LogP) is 7.97. The first-order valence-corrected chi connectivity index (χ1v) is 14.4. The first-order valence-electron chi connectivity index (χ1n) is 14.4. The highest BCUT2D eigenvalue weighted by Gasteiger charge is 2.53. The molecule has 0 amide bonds. The van der Waals surface area contributed by atoms with Gasteiger partial charge in [-0.15, -0.1) is 0 Å². The SMILES string of the molecule is COC(=O)[C@@H]1CC[C@]12CCCc1ccc(OCc3ccc(-c4cc(OC)ccc4F)c([C@H](OC)C(C)(C)C)c3)cc12. The molecular weight excluding hydrogens is 519 g/mol. The van der Waals surface area contributed by atoms with Crippen molar-refractivity contribution in [2.24, 2.45) is 11.3 Å². The fraction of sp³-hybridized carbons (Fsp3) is 0.457. The molecule has 0 aliphatic heterocycles. The van der Waals surface area contributed by atoms with Crippen LogP contribution in [0.15, 0.2) is 54.6 Å². The number of methoxy groups -OCH3 is 3. The van der Waals surface area contributed by atoms with Gasteiger partial charge in [0, 0.05) is 18.1 Å². The third kappa shape index (κ3) is 5.46. The van der Waals surface area contributed by atoms with Gasteiger partial charge < -0.3 is 18.9 Å². The van der Waals surface area contributed by atoms with Gasteiger partial charge in [0.15, 0.2) is 0 Å². The molecule has 5 rings (SSSR count). The number of hydrogen-bond acceptors (Lipinski definition) is 5. The van der Waals surface area contributed by atoms with Crippen LogP contribution in [0.25, 0.3) is 11.1 Å². The van der Waals surface area contributed by atoms with Crippen LogP contribution in [0.3, 0.4) is 0 Å². The van der Waals surface area contributed by atoms with Gasteiger partial charge in [0.2, 0.25) is 0 Å². The molecule has 1 saturated carbocycles. The topological polar surface area (TPSA) is 54.0 Å². The molecular formula is C35H41FO5. The summed E-state index contributed by atoms with van der Waals surface area (Å²) in [7, 11) is 4.75. The average molecular weight is 561 g/mol. The second-order valence-electron chi connectivity index (χ2n) is 12.5. The Morgan fingerprint density at radius 2 is 1.76 bits per heavy atom. The van der Waals surface area contributed by atoms with E-state index in [9.17, 15) is 4.79 Å². The van der Waals surface area contributed by atoms with E-state index in [1.807, 2.05) is 18.2 Å². The van der Waals surface area contributed by atoms with Gasteiger partial charge >= 0.3 is 5.97 Å². The minimum absolute atomic E-state index is 0.0858. The van der Waals surface area contributed by atoms with E-state index in [4.69, 9.17) is 18.9 Å². The van der Waals surface area contributed by atoms with Crippen LogP contribution in [0.4, 0.5) is 4.39 Å². The molecule has 41 heavy (non-hydrogen) atoms. The number of fused-ring (bicyclic) bond motifs is 2. The lowest BCUT2D eigenvalue weighted by atomic mass is 9.52. The van der Waals surface area contributed by atoms with Gasteiger partial charge in [0.25, 0.3) is 0 Å². The lowest BCUT2D eigenvalue weighted by Crippen LogP contribution is -2.50. The van der Waals surface area contributed by atoms with E-state index in [-0.39, 0.29) is 34.6 Å². The first kappa shape index (κ1) is 29.1. The van der Waals surface area contributed by atoms with E-state index in [1.54, 1.807) is 26.4 Å². The van der Waals surface area contributed by atoms with Gasteiger partial charge in [-0.2, -0.15) is 0 Å². The van der Waals surface area contributed by atoms with E-state index in [0.29, 0.717) is 17.9 Å². The second kappa shape index (κ2) is 11.5. The molecule has 3 aromatic rings. The molecule has 2 aliphatic carbocycles. The van der Waals surface area contributed by atoms with Gasteiger partial charge in [-0.1, -0.05) is 39.0 Å². The minimum atomic E-state index is -0.316. The van der Waals surface area contributed by atoms with Gasteiger partial charge in [0.05, 0.1) is 26.2 Å². The maximum atomic E-state index is 15.1. The smallest absolute Gasteiger partial charge is 0.309 e. The number of benzene rings is 3. The Bertz CT molecular complexity index is 1420. The summed E-state index contributed by atoms with van der Waals surface area (Å²) in [5.41, 5.74) is 5.25. The summed E-state index contributed by atoms with van der Waals surface area (Å²) < 4.78 is 38.0. The summed E-state index contributed by atoms with van der Waals surface area (Å²) in [5, 5.41) is 0. The van der Waals surface area contributed by atoms with Crippen molar-refractivity contribution in [3.63, 3.8) is 0 Å². The van der Waals surface area contributed by atoms with Gasteiger partial charge in [-0.25, -0.2) is 4.39 Å². The number of carbonyl (C=O) groups excluding carboxylic acids is 1. The van der Waals surface area contributed by atoms with E-state index in [1.165, 1.54) is 24.3 Å². The molecule has 0 N–H and O–H groups in total. The number of rotatable bonds is 8. The van der Waals surface area contributed by atoms with E-state index >= 15 is 4.39 Å². The van der Waals surface area contributed by atoms with Crippen LogP contribution >= 0.6 is 0 Å². The monoisotopic (exact) mass is 560 g/mol. The maximum absolute atomic E-state index is 15.1. The lowest BCUT2D eigenvalue weighted by Gasteiger charge is -2.51. The highest BCUT2D eigenvalue weighted by Crippen LogP contribution is 2.56. The summed E-state index contributed by atoms with van der Waals surface area (Å²) in [5.74, 6) is 0.864. The average Bonchev–Trinajstić information content (AvgIpc) is 2.95. The number of aryl methyl sites for hydroxylation is 1. The lowest BCUT2D eigenvalue weighted by molar-refractivity contribution is -0.153. The fourth-order valence-corrected chi connectivity index (χ4v) is 6.92. The number of halogens is 1. The van der Waals surface area contributed by atoms with E-state index in [2.05, 4.69) is 39.0 Å². The quantitative estimate of drug-likeness (QED) is 0.262. The number of carbonyl (C=O) groups is 1. The molecule has 1 spiro atoms. The summed E-state index contributed by atoms with van der Waals surface area (Å²) in [4.78, 5) is 12.5. The van der Waals surface area contributed by atoms with Crippen molar-refractivity contribution in [1.82, 2.24) is 0 Å². The van der Waals surface area contributed by atoms with Gasteiger partial charge in [-0.05, 0) is 102 Å². The summed E-state index contributed by atoms with van der Waals surface area (Å²) in [6.07, 6.45) is 4.69. The highest BCUT2D eigenvalue weighted by atomic mass is 19.1. The van der Waals surface area contributed by atoms with Crippen LogP contribution in [0.1, 0.15) is 74.8 Å². The van der Waals surface area contributed by atoms with E-state index < -0.39 is 0 Å². The molecule has 0 radical (unpaired) electrons. The Morgan fingerprint density at radius 3 is 2.41 bits per heavy atom. The van der Waals surface area contributed by atoms with Gasteiger partial charge in [-0.3, -0.25) is 4.79 Å². The molecule has 1 fully saturated rings. The van der Waals surface area contributed by atoms with Crippen molar-refractivity contribution in [2.45, 2.75) is 71.0 Å². The van der Waals surface area contributed by atoms with Crippen molar-refractivity contribution in [2.75, 3.05) is 21.3 Å². The molecule has 0 heterocycles. The normalized spacial score (nSPS) is 20.6. The Morgan fingerprint density at radius 1 is 0.976 bits per heavy atom.